The Morgan fingerprint density at radius 2 is 2.28 bits per heavy atom. The van der Waals surface area contributed by atoms with Crippen LogP contribution in [0.2, 0.25) is 0 Å². The second kappa shape index (κ2) is 6.39. The first kappa shape index (κ1) is 13.7. The maximum atomic E-state index is 11.4. The molecule has 1 amide bonds. The third kappa shape index (κ3) is 3.89. The van der Waals surface area contributed by atoms with Crippen molar-refractivity contribution in [1.29, 1.82) is 0 Å². The van der Waals surface area contributed by atoms with Gasteiger partial charge in [-0.15, -0.1) is 0 Å². The van der Waals surface area contributed by atoms with Crippen LogP contribution in [0.5, 0.6) is 0 Å². The van der Waals surface area contributed by atoms with Gasteiger partial charge in [-0.05, 0) is 25.5 Å². The fourth-order valence-electron chi connectivity index (χ4n) is 1.28. The summed E-state index contributed by atoms with van der Waals surface area (Å²) in [6.07, 6.45) is 2.56. The smallest absolute Gasteiger partial charge is 0.269 e. The number of carbonyl (C=O) groups is 1. The van der Waals surface area contributed by atoms with Crippen molar-refractivity contribution in [3.63, 3.8) is 0 Å². The number of nitrogens with one attached hydrogen (secondary N) is 1. The molecule has 6 nitrogen and oxygen atoms in total. The molecule has 0 aromatic heterocycles. The molecule has 0 saturated carbocycles. The van der Waals surface area contributed by atoms with Gasteiger partial charge < -0.3 is 10.1 Å². The normalized spacial score (nSPS) is 10.3. The van der Waals surface area contributed by atoms with Gasteiger partial charge in [-0.1, -0.05) is 0 Å². The van der Waals surface area contributed by atoms with Crippen LogP contribution in [-0.2, 0) is 9.53 Å². The Morgan fingerprint density at radius 3 is 2.83 bits per heavy atom. The number of benzene rings is 1. The summed E-state index contributed by atoms with van der Waals surface area (Å²) in [6, 6.07) is 4.25. The van der Waals surface area contributed by atoms with Gasteiger partial charge in [0, 0.05) is 23.9 Å². The summed E-state index contributed by atoms with van der Waals surface area (Å²) < 4.78 is 4.89. The number of carbonyl (C=O) groups excluding carboxylic acids is 1. The predicted molar refractivity (Wildman–Crippen MR) is 67.2 cm³/mol. The van der Waals surface area contributed by atoms with Crippen molar-refractivity contribution in [1.82, 2.24) is 0 Å². The van der Waals surface area contributed by atoms with Crippen molar-refractivity contribution in [3.05, 3.63) is 46.2 Å². The van der Waals surface area contributed by atoms with Crippen LogP contribution < -0.4 is 5.32 Å². The van der Waals surface area contributed by atoms with E-state index in [1.807, 2.05) is 6.92 Å². The number of rotatable bonds is 5. The summed E-state index contributed by atoms with van der Waals surface area (Å²) in [6.45, 7) is 3.98. The van der Waals surface area contributed by atoms with Gasteiger partial charge in [0.15, 0.2) is 0 Å². The molecule has 1 aromatic rings. The van der Waals surface area contributed by atoms with E-state index in [0.29, 0.717) is 17.9 Å². The molecule has 0 atom stereocenters. The highest BCUT2D eigenvalue weighted by atomic mass is 16.6. The van der Waals surface area contributed by atoms with Crippen molar-refractivity contribution in [3.8, 4) is 0 Å². The van der Waals surface area contributed by atoms with E-state index in [2.05, 4.69) is 5.32 Å². The zero-order valence-corrected chi connectivity index (χ0v) is 10.2. The maximum Gasteiger partial charge on any atom is 0.269 e. The topological polar surface area (TPSA) is 81.5 Å². The Bertz CT molecular complexity index is 483. The highest BCUT2D eigenvalue weighted by molar-refractivity contribution is 5.99. The number of nitro benzene ring substituents is 1. The third-order valence-electron chi connectivity index (χ3n) is 2.16. The highest BCUT2D eigenvalue weighted by Crippen LogP contribution is 2.20. The minimum Gasteiger partial charge on any atom is -0.501 e. The molecule has 0 radical (unpaired) electrons. The molecule has 1 rings (SSSR count). The van der Waals surface area contributed by atoms with Gasteiger partial charge in [0.1, 0.15) is 0 Å². The lowest BCUT2D eigenvalue weighted by molar-refractivity contribution is -0.384. The molecule has 1 aromatic carbocycles. The van der Waals surface area contributed by atoms with Crippen LogP contribution in [0.25, 0.3) is 0 Å². The summed E-state index contributed by atoms with van der Waals surface area (Å²) in [5, 5.41) is 13.2. The first-order valence-electron chi connectivity index (χ1n) is 5.38. The van der Waals surface area contributed by atoms with Gasteiger partial charge in [-0.25, -0.2) is 0 Å². The van der Waals surface area contributed by atoms with E-state index in [-0.39, 0.29) is 11.6 Å². The fourth-order valence-corrected chi connectivity index (χ4v) is 1.28. The van der Waals surface area contributed by atoms with Crippen LogP contribution in [0.3, 0.4) is 0 Å². The summed E-state index contributed by atoms with van der Waals surface area (Å²) in [5.41, 5.74) is 1.16. The van der Waals surface area contributed by atoms with Gasteiger partial charge >= 0.3 is 0 Å². The predicted octanol–water partition coefficient (Wildman–Crippen LogP) is 2.39. The molecular formula is C12H14N2O4. The first-order valence-corrected chi connectivity index (χ1v) is 5.38. The van der Waals surface area contributed by atoms with Crippen molar-refractivity contribution in [2.24, 2.45) is 0 Å². The third-order valence-corrected chi connectivity index (χ3v) is 2.16. The summed E-state index contributed by atoms with van der Waals surface area (Å²) in [7, 11) is 0. The largest absolute Gasteiger partial charge is 0.501 e. The van der Waals surface area contributed by atoms with Gasteiger partial charge in [0.25, 0.3) is 11.6 Å². The van der Waals surface area contributed by atoms with E-state index < -0.39 is 4.92 Å². The minimum atomic E-state index is -0.479. The van der Waals surface area contributed by atoms with Crippen molar-refractivity contribution in [2.75, 3.05) is 11.9 Å². The average Bonchev–Trinajstić information content (AvgIpc) is 2.32. The van der Waals surface area contributed by atoms with Crippen molar-refractivity contribution in [2.45, 2.75) is 13.8 Å². The van der Waals surface area contributed by atoms with Gasteiger partial charge in [0.2, 0.25) is 0 Å². The van der Waals surface area contributed by atoms with Crippen LogP contribution in [-0.4, -0.2) is 17.4 Å². The number of non-ortho nitro benzene ring substituents is 1. The van der Waals surface area contributed by atoms with Crippen LogP contribution in [0.15, 0.2) is 30.5 Å². The van der Waals surface area contributed by atoms with E-state index in [4.69, 9.17) is 4.74 Å². The number of hydrogen-bond donors (Lipinski definition) is 1. The van der Waals surface area contributed by atoms with E-state index in [1.54, 1.807) is 6.92 Å². The SMILES string of the molecule is CCOC=CC(=O)Nc1ccc([N+](=O)[O-])cc1C. The number of aryl methyl sites for hydroxylation is 1. The number of nitrogens with zero attached hydrogens (tertiary/aromatic N) is 1. The van der Waals surface area contributed by atoms with Crippen molar-refractivity contribution >= 4 is 17.3 Å². The molecule has 0 bridgehead atoms. The zero-order chi connectivity index (χ0) is 13.5. The van der Waals surface area contributed by atoms with Crippen LogP contribution in [0.4, 0.5) is 11.4 Å². The molecule has 0 unspecified atom stereocenters. The Morgan fingerprint density at radius 1 is 1.56 bits per heavy atom. The molecule has 18 heavy (non-hydrogen) atoms. The molecule has 96 valence electrons. The summed E-state index contributed by atoms with van der Waals surface area (Å²) in [4.78, 5) is 21.5. The minimum absolute atomic E-state index is 0.00430. The molecule has 0 aliphatic rings. The van der Waals surface area contributed by atoms with Crippen LogP contribution in [0, 0.1) is 17.0 Å². The fraction of sp³-hybridized carbons (Fsp3) is 0.250. The Kier molecular flexibility index (Phi) is 4.86. The molecule has 0 saturated heterocycles. The number of hydrogen-bond acceptors (Lipinski definition) is 4. The number of anilines is 1. The molecule has 0 aliphatic carbocycles. The second-order valence-corrected chi connectivity index (χ2v) is 3.50. The lowest BCUT2D eigenvalue weighted by atomic mass is 10.2. The Hall–Kier alpha value is -2.37. The zero-order valence-electron chi connectivity index (χ0n) is 10.2. The van der Waals surface area contributed by atoms with E-state index >= 15 is 0 Å². The number of ether oxygens (including phenoxy) is 1. The standard InChI is InChI=1S/C12H14N2O4/c1-3-18-7-6-12(15)13-11-5-4-10(14(16)17)8-9(11)2/h4-8H,3H2,1-2H3,(H,13,15). The second-order valence-electron chi connectivity index (χ2n) is 3.50. The summed E-state index contributed by atoms with van der Waals surface area (Å²) in [5.74, 6) is -0.347. The number of amides is 1. The quantitative estimate of drug-likeness (QED) is 0.376. The Labute approximate surface area is 104 Å². The van der Waals surface area contributed by atoms with Gasteiger partial charge in [0.05, 0.1) is 17.8 Å². The lowest BCUT2D eigenvalue weighted by Gasteiger charge is -2.05. The average molecular weight is 250 g/mol. The van der Waals surface area contributed by atoms with Gasteiger partial charge in [-0.3, -0.25) is 14.9 Å². The molecule has 6 heteroatoms. The van der Waals surface area contributed by atoms with E-state index in [1.165, 1.54) is 30.5 Å². The maximum absolute atomic E-state index is 11.4. The molecular weight excluding hydrogens is 236 g/mol. The van der Waals surface area contributed by atoms with Crippen molar-refractivity contribution < 1.29 is 14.5 Å². The highest BCUT2D eigenvalue weighted by Gasteiger charge is 2.08. The summed E-state index contributed by atoms with van der Waals surface area (Å²) >= 11 is 0. The monoisotopic (exact) mass is 250 g/mol. The molecule has 1 N–H and O–H groups in total. The van der Waals surface area contributed by atoms with Crippen LogP contribution >= 0.6 is 0 Å². The lowest BCUT2D eigenvalue weighted by Crippen LogP contribution is -2.09. The van der Waals surface area contributed by atoms with Gasteiger partial charge in [-0.2, -0.15) is 0 Å². The molecule has 0 aliphatic heterocycles. The molecule has 0 heterocycles. The Balaban J connectivity index is 2.73. The van der Waals surface area contributed by atoms with E-state index in [9.17, 15) is 14.9 Å². The molecule has 0 spiro atoms. The van der Waals surface area contributed by atoms with E-state index in [0.717, 1.165) is 0 Å². The first-order chi connectivity index (χ1) is 8.54. The van der Waals surface area contributed by atoms with Crippen LogP contribution in [0.1, 0.15) is 12.5 Å². The number of nitro groups is 1. The molecule has 0 fully saturated rings.